The van der Waals surface area contributed by atoms with E-state index in [1.165, 1.54) is 6.20 Å². The molecular weight excluding hydrogens is 308 g/mol. The van der Waals surface area contributed by atoms with E-state index in [9.17, 15) is 9.59 Å². The molecule has 1 aliphatic carbocycles. The monoisotopic (exact) mass is 324 g/mol. The molecule has 122 valence electrons. The first-order chi connectivity index (χ1) is 11.7. The van der Waals surface area contributed by atoms with E-state index in [2.05, 4.69) is 15.4 Å². The van der Waals surface area contributed by atoms with Crippen molar-refractivity contribution in [1.82, 2.24) is 14.8 Å². The minimum Gasteiger partial charge on any atom is -0.494 e. The summed E-state index contributed by atoms with van der Waals surface area (Å²) in [6.45, 7) is 0. The van der Waals surface area contributed by atoms with Crippen LogP contribution in [0.2, 0.25) is 0 Å². The van der Waals surface area contributed by atoms with Crippen molar-refractivity contribution in [3.05, 3.63) is 46.9 Å². The van der Waals surface area contributed by atoms with Gasteiger partial charge in [0.25, 0.3) is 5.56 Å². The number of aromatic amines is 1. The molecule has 1 aliphatic rings. The van der Waals surface area contributed by atoms with Gasteiger partial charge < -0.3 is 10.1 Å². The maximum absolute atomic E-state index is 12.2. The molecule has 0 atom stereocenters. The smallest absolute Gasteiger partial charge is 0.273 e. The zero-order valence-electron chi connectivity index (χ0n) is 13.1. The maximum Gasteiger partial charge on any atom is 0.273 e. The molecule has 1 fully saturated rings. The molecule has 0 radical (unpaired) electrons. The summed E-state index contributed by atoms with van der Waals surface area (Å²) in [6, 6.07) is 9.07. The number of pyridine rings is 1. The molecule has 2 aromatic heterocycles. The standard InChI is InChI=1S/C17H16N4O3/c1-24-14-5-3-2-4-12(14)21-13-8-15(19-16(22)10-6-7-10)18-9-11(13)17(23)20-21/h2-5,8-10H,6-7H2,1H3,(H,20,23)(H,18,19,22). The summed E-state index contributed by atoms with van der Waals surface area (Å²) in [4.78, 5) is 28.3. The predicted octanol–water partition coefficient (Wildman–Crippen LogP) is 2.07. The molecule has 3 aromatic rings. The Hall–Kier alpha value is -3.09. The Morgan fingerprint density at radius 3 is 2.92 bits per heavy atom. The second kappa shape index (κ2) is 5.52. The van der Waals surface area contributed by atoms with Gasteiger partial charge in [-0.25, -0.2) is 9.67 Å². The van der Waals surface area contributed by atoms with Gasteiger partial charge in [-0.05, 0) is 25.0 Å². The molecule has 0 bridgehead atoms. The van der Waals surface area contributed by atoms with E-state index in [1.54, 1.807) is 17.9 Å². The SMILES string of the molecule is COc1ccccc1-n1[nH]c(=O)c2cnc(NC(=O)C3CC3)cc21. The van der Waals surface area contributed by atoms with Crippen LogP contribution in [-0.2, 0) is 4.79 Å². The molecule has 4 rings (SSSR count). The fraction of sp³-hybridized carbons (Fsp3) is 0.235. The van der Waals surface area contributed by atoms with Crippen LogP contribution in [0, 0.1) is 5.92 Å². The average molecular weight is 324 g/mol. The second-order valence-electron chi connectivity index (χ2n) is 5.80. The van der Waals surface area contributed by atoms with Crippen molar-refractivity contribution >= 4 is 22.6 Å². The molecule has 1 saturated carbocycles. The van der Waals surface area contributed by atoms with Crippen molar-refractivity contribution in [2.75, 3.05) is 12.4 Å². The Balaban J connectivity index is 1.83. The molecule has 2 heterocycles. The Kier molecular flexibility index (Phi) is 3.34. The molecule has 7 nitrogen and oxygen atoms in total. The van der Waals surface area contributed by atoms with Crippen molar-refractivity contribution < 1.29 is 9.53 Å². The number of methoxy groups -OCH3 is 1. The summed E-state index contributed by atoms with van der Waals surface area (Å²) < 4.78 is 7.01. The number of aromatic nitrogens is 3. The molecule has 2 N–H and O–H groups in total. The molecule has 0 saturated heterocycles. The van der Waals surface area contributed by atoms with Gasteiger partial charge in [-0.15, -0.1) is 0 Å². The van der Waals surface area contributed by atoms with Crippen LogP contribution in [0.25, 0.3) is 16.6 Å². The van der Waals surface area contributed by atoms with Gasteiger partial charge in [0.1, 0.15) is 17.3 Å². The van der Waals surface area contributed by atoms with Crippen LogP contribution in [0.15, 0.2) is 41.3 Å². The number of anilines is 1. The minimum atomic E-state index is -0.247. The lowest BCUT2D eigenvalue weighted by Crippen LogP contribution is -2.14. The van der Waals surface area contributed by atoms with Gasteiger partial charge >= 0.3 is 0 Å². The van der Waals surface area contributed by atoms with E-state index in [-0.39, 0.29) is 17.4 Å². The van der Waals surface area contributed by atoms with Crippen molar-refractivity contribution in [2.45, 2.75) is 12.8 Å². The van der Waals surface area contributed by atoms with Crippen molar-refractivity contribution in [3.8, 4) is 11.4 Å². The summed E-state index contributed by atoms with van der Waals surface area (Å²) in [5.74, 6) is 1.13. The lowest BCUT2D eigenvalue weighted by atomic mass is 10.2. The Bertz CT molecular complexity index is 985. The Morgan fingerprint density at radius 1 is 1.38 bits per heavy atom. The molecule has 1 aromatic carbocycles. The van der Waals surface area contributed by atoms with E-state index < -0.39 is 0 Å². The number of amides is 1. The van der Waals surface area contributed by atoms with Crippen LogP contribution >= 0.6 is 0 Å². The minimum absolute atomic E-state index is 0.0245. The summed E-state index contributed by atoms with van der Waals surface area (Å²) in [7, 11) is 1.57. The predicted molar refractivity (Wildman–Crippen MR) is 89.6 cm³/mol. The van der Waals surface area contributed by atoms with Gasteiger partial charge in [-0.3, -0.25) is 14.7 Å². The highest BCUT2D eigenvalue weighted by Crippen LogP contribution is 2.30. The van der Waals surface area contributed by atoms with Gasteiger partial charge in [-0.2, -0.15) is 0 Å². The number of nitrogens with zero attached hydrogens (tertiary/aromatic N) is 2. The fourth-order valence-electron chi connectivity index (χ4n) is 2.67. The zero-order chi connectivity index (χ0) is 16.7. The molecule has 7 heteroatoms. The lowest BCUT2D eigenvalue weighted by Gasteiger charge is -2.10. The highest BCUT2D eigenvalue weighted by atomic mass is 16.5. The lowest BCUT2D eigenvalue weighted by molar-refractivity contribution is -0.117. The van der Waals surface area contributed by atoms with Crippen molar-refractivity contribution in [2.24, 2.45) is 5.92 Å². The fourth-order valence-corrected chi connectivity index (χ4v) is 2.67. The highest BCUT2D eigenvalue weighted by Gasteiger charge is 2.29. The van der Waals surface area contributed by atoms with Crippen LogP contribution in [-0.4, -0.2) is 27.8 Å². The summed E-state index contributed by atoms with van der Waals surface area (Å²) >= 11 is 0. The van der Waals surface area contributed by atoms with E-state index in [0.717, 1.165) is 12.8 Å². The number of nitrogens with one attached hydrogen (secondary N) is 2. The van der Waals surface area contributed by atoms with E-state index >= 15 is 0 Å². The van der Waals surface area contributed by atoms with Crippen LogP contribution in [0.3, 0.4) is 0 Å². The topological polar surface area (TPSA) is 89.0 Å². The Morgan fingerprint density at radius 2 is 2.17 bits per heavy atom. The van der Waals surface area contributed by atoms with Crippen LogP contribution < -0.4 is 15.6 Å². The zero-order valence-corrected chi connectivity index (χ0v) is 13.1. The van der Waals surface area contributed by atoms with Gasteiger partial charge in [0.05, 0.1) is 18.0 Å². The number of hydrogen-bond donors (Lipinski definition) is 2. The molecule has 24 heavy (non-hydrogen) atoms. The third-order valence-corrected chi connectivity index (χ3v) is 4.11. The van der Waals surface area contributed by atoms with Crippen LogP contribution in [0.1, 0.15) is 12.8 Å². The maximum atomic E-state index is 12.2. The largest absolute Gasteiger partial charge is 0.494 e. The number of carbonyl (C=O) groups excluding carboxylic acids is 1. The number of fused-ring (bicyclic) bond motifs is 1. The number of ether oxygens (including phenoxy) is 1. The van der Waals surface area contributed by atoms with Gasteiger partial charge in [-0.1, -0.05) is 12.1 Å². The first-order valence-electron chi connectivity index (χ1n) is 7.72. The third-order valence-electron chi connectivity index (χ3n) is 4.11. The van der Waals surface area contributed by atoms with E-state index in [0.29, 0.717) is 28.2 Å². The first kappa shape index (κ1) is 14.5. The number of benzene rings is 1. The number of rotatable bonds is 4. The molecule has 0 aliphatic heterocycles. The second-order valence-corrected chi connectivity index (χ2v) is 5.80. The summed E-state index contributed by atoms with van der Waals surface area (Å²) in [6.07, 6.45) is 3.32. The molecule has 0 unspecified atom stereocenters. The van der Waals surface area contributed by atoms with Gasteiger partial charge in [0.15, 0.2) is 0 Å². The number of H-pyrrole nitrogens is 1. The van der Waals surface area contributed by atoms with Crippen molar-refractivity contribution in [3.63, 3.8) is 0 Å². The number of para-hydroxylation sites is 2. The van der Waals surface area contributed by atoms with Crippen LogP contribution in [0.4, 0.5) is 5.82 Å². The van der Waals surface area contributed by atoms with Crippen LogP contribution in [0.5, 0.6) is 5.75 Å². The van der Waals surface area contributed by atoms with E-state index in [4.69, 9.17) is 4.74 Å². The van der Waals surface area contributed by atoms with Crippen molar-refractivity contribution in [1.29, 1.82) is 0 Å². The molecular formula is C17H16N4O3. The number of carbonyl (C=O) groups is 1. The normalized spacial score (nSPS) is 13.9. The quantitative estimate of drug-likeness (QED) is 0.769. The van der Waals surface area contributed by atoms with E-state index in [1.807, 2.05) is 24.3 Å². The van der Waals surface area contributed by atoms with Gasteiger partial charge in [0.2, 0.25) is 5.91 Å². The highest BCUT2D eigenvalue weighted by molar-refractivity contribution is 5.95. The first-order valence-corrected chi connectivity index (χ1v) is 7.72. The molecule has 1 amide bonds. The summed E-state index contributed by atoms with van der Waals surface area (Å²) in [5.41, 5.74) is 1.09. The van der Waals surface area contributed by atoms with Gasteiger partial charge in [0, 0.05) is 18.2 Å². The molecule has 0 spiro atoms. The summed E-state index contributed by atoms with van der Waals surface area (Å²) in [5, 5.41) is 6.04. The third kappa shape index (κ3) is 2.44. The number of hydrogen-bond acceptors (Lipinski definition) is 4. The average Bonchev–Trinajstić information content (AvgIpc) is 3.40. The Labute approximate surface area is 137 Å².